The van der Waals surface area contributed by atoms with Gasteiger partial charge >= 0.3 is 5.97 Å². The first kappa shape index (κ1) is 14.6. The molecule has 0 aromatic carbocycles. The maximum Gasteiger partial charge on any atom is 0.323 e. The lowest BCUT2D eigenvalue weighted by Gasteiger charge is -2.21. The minimum absolute atomic E-state index is 0.113. The molecular formula is C14H20N2O4. The van der Waals surface area contributed by atoms with Crippen LogP contribution in [-0.4, -0.2) is 42.5 Å². The predicted octanol–water partition coefficient (Wildman–Crippen LogP) is 0.923. The number of rotatable bonds is 6. The molecule has 1 unspecified atom stereocenters. The zero-order chi connectivity index (χ0) is 14.4. The molecule has 1 aliphatic rings. The molecule has 1 N–H and O–H groups in total. The van der Waals surface area contributed by atoms with Crippen LogP contribution < -0.4 is 5.32 Å². The first-order chi connectivity index (χ1) is 9.70. The van der Waals surface area contributed by atoms with Crippen LogP contribution in [0.15, 0.2) is 22.8 Å². The number of hydrogen-bond acceptors (Lipinski definition) is 5. The number of nitrogens with one attached hydrogen (secondary N) is 1. The third-order valence-electron chi connectivity index (χ3n) is 3.31. The van der Waals surface area contributed by atoms with E-state index in [1.807, 2.05) is 4.90 Å². The Balaban J connectivity index is 1.79. The van der Waals surface area contributed by atoms with E-state index >= 15 is 0 Å². The third-order valence-corrected chi connectivity index (χ3v) is 3.31. The van der Waals surface area contributed by atoms with Gasteiger partial charge < -0.3 is 14.5 Å². The van der Waals surface area contributed by atoms with Gasteiger partial charge in [0.15, 0.2) is 0 Å². The van der Waals surface area contributed by atoms with E-state index < -0.39 is 0 Å². The van der Waals surface area contributed by atoms with Crippen molar-refractivity contribution in [2.24, 2.45) is 0 Å². The maximum atomic E-state index is 11.9. The van der Waals surface area contributed by atoms with Crippen molar-refractivity contribution in [3.05, 3.63) is 24.2 Å². The normalized spacial score (nSPS) is 18.9. The Labute approximate surface area is 118 Å². The summed E-state index contributed by atoms with van der Waals surface area (Å²) in [4.78, 5) is 25.5. The maximum absolute atomic E-state index is 11.9. The van der Waals surface area contributed by atoms with Gasteiger partial charge in [0, 0.05) is 0 Å². The summed E-state index contributed by atoms with van der Waals surface area (Å²) in [6, 6.07) is 3.29. The Bertz CT molecular complexity index is 444. The molecule has 20 heavy (non-hydrogen) atoms. The summed E-state index contributed by atoms with van der Waals surface area (Å²) >= 11 is 0. The van der Waals surface area contributed by atoms with E-state index in [0.717, 1.165) is 19.4 Å². The minimum Gasteiger partial charge on any atom is -0.467 e. The van der Waals surface area contributed by atoms with Gasteiger partial charge in [-0.25, -0.2) is 0 Å². The van der Waals surface area contributed by atoms with E-state index in [-0.39, 0.29) is 24.5 Å². The molecule has 1 fully saturated rings. The van der Waals surface area contributed by atoms with E-state index in [0.29, 0.717) is 18.9 Å². The predicted molar refractivity (Wildman–Crippen MR) is 71.8 cm³/mol. The fourth-order valence-electron chi connectivity index (χ4n) is 2.36. The van der Waals surface area contributed by atoms with Crippen molar-refractivity contribution < 1.29 is 18.7 Å². The standard InChI is InChI=1S/C14H20N2O4/c1-2-19-14(18)12-6-3-7-16(12)10-13(17)15-9-11-5-4-8-20-11/h4-5,8,12H,2-3,6-7,9-10H2,1H3,(H,15,17). The molecule has 1 amide bonds. The van der Waals surface area contributed by atoms with Crippen LogP contribution in [0.3, 0.4) is 0 Å². The second-order valence-electron chi connectivity index (χ2n) is 4.74. The van der Waals surface area contributed by atoms with Gasteiger partial charge in [0.05, 0.1) is 26.0 Å². The number of ether oxygens (including phenoxy) is 1. The van der Waals surface area contributed by atoms with Crippen molar-refractivity contribution in [3.63, 3.8) is 0 Å². The molecule has 110 valence electrons. The van der Waals surface area contributed by atoms with Gasteiger partial charge in [0.2, 0.25) is 5.91 Å². The number of carbonyl (C=O) groups excluding carboxylic acids is 2. The molecule has 0 saturated carbocycles. The largest absolute Gasteiger partial charge is 0.467 e. The van der Waals surface area contributed by atoms with Crippen molar-refractivity contribution in [2.45, 2.75) is 32.4 Å². The highest BCUT2D eigenvalue weighted by atomic mass is 16.5. The smallest absolute Gasteiger partial charge is 0.323 e. The van der Waals surface area contributed by atoms with Crippen LogP contribution in [0.2, 0.25) is 0 Å². The van der Waals surface area contributed by atoms with E-state index in [1.54, 1.807) is 25.3 Å². The molecule has 0 bridgehead atoms. The highest BCUT2D eigenvalue weighted by Gasteiger charge is 2.32. The zero-order valence-corrected chi connectivity index (χ0v) is 11.6. The number of amides is 1. The second-order valence-corrected chi connectivity index (χ2v) is 4.74. The Morgan fingerprint density at radius 3 is 3.10 bits per heavy atom. The third kappa shape index (κ3) is 3.84. The fourth-order valence-corrected chi connectivity index (χ4v) is 2.36. The van der Waals surface area contributed by atoms with Crippen LogP contribution >= 0.6 is 0 Å². The molecule has 1 aliphatic heterocycles. The van der Waals surface area contributed by atoms with Crippen LogP contribution in [0, 0.1) is 0 Å². The van der Waals surface area contributed by atoms with Crippen LogP contribution in [-0.2, 0) is 20.9 Å². The summed E-state index contributed by atoms with van der Waals surface area (Å²) < 4.78 is 10.2. The Kier molecular flexibility index (Phi) is 5.17. The molecule has 6 nitrogen and oxygen atoms in total. The number of hydrogen-bond donors (Lipinski definition) is 1. The molecule has 2 rings (SSSR count). The first-order valence-corrected chi connectivity index (χ1v) is 6.90. The lowest BCUT2D eigenvalue weighted by molar-refractivity contribution is -0.148. The lowest BCUT2D eigenvalue weighted by atomic mass is 10.2. The van der Waals surface area contributed by atoms with Gasteiger partial charge in [-0.05, 0) is 38.4 Å². The van der Waals surface area contributed by atoms with Gasteiger partial charge in [-0.15, -0.1) is 0 Å². The number of nitrogens with zero attached hydrogens (tertiary/aromatic N) is 1. The topological polar surface area (TPSA) is 71.8 Å². The molecule has 1 aromatic heterocycles. The molecule has 2 heterocycles. The molecule has 1 aromatic rings. The van der Waals surface area contributed by atoms with E-state index in [4.69, 9.17) is 9.15 Å². The Hall–Kier alpha value is -1.82. The lowest BCUT2D eigenvalue weighted by Crippen LogP contribution is -2.43. The highest BCUT2D eigenvalue weighted by molar-refractivity contribution is 5.80. The van der Waals surface area contributed by atoms with Crippen LogP contribution in [0.5, 0.6) is 0 Å². The molecule has 1 atom stereocenters. The summed E-state index contributed by atoms with van der Waals surface area (Å²) in [5.41, 5.74) is 0. The van der Waals surface area contributed by atoms with Gasteiger partial charge in [0.1, 0.15) is 11.8 Å². The fraction of sp³-hybridized carbons (Fsp3) is 0.571. The highest BCUT2D eigenvalue weighted by Crippen LogP contribution is 2.17. The Morgan fingerprint density at radius 2 is 2.40 bits per heavy atom. The summed E-state index contributed by atoms with van der Waals surface area (Å²) in [5.74, 6) is 0.364. The molecular weight excluding hydrogens is 260 g/mol. The average Bonchev–Trinajstić information content (AvgIpc) is 3.07. The molecule has 6 heteroatoms. The number of carbonyl (C=O) groups is 2. The van der Waals surface area contributed by atoms with E-state index in [1.165, 1.54) is 0 Å². The van der Waals surface area contributed by atoms with Crippen molar-refractivity contribution in [2.75, 3.05) is 19.7 Å². The van der Waals surface area contributed by atoms with E-state index in [2.05, 4.69) is 5.32 Å². The van der Waals surface area contributed by atoms with Crippen molar-refractivity contribution in [1.29, 1.82) is 0 Å². The van der Waals surface area contributed by atoms with Gasteiger partial charge in [-0.3, -0.25) is 14.5 Å². The summed E-state index contributed by atoms with van der Waals surface area (Å²) in [6.45, 7) is 3.48. The summed E-state index contributed by atoms with van der Waals surface area (Å²) in [5, 5.41) is 2.78. The summed E-state index contributed by atoms with van der Waals surface area (Å²) in [7, 11) is 0. The van der Waals surface area contributed by atoms with Gasteiger partial charge in [-0.2, -0.15) is 0 Å². The minimum atomic E-state index is -0.288. The Morgan fingerprint density at radius 1 is 1.55 bits per heavy atom. The van der Waals surface area contributed by atoms with Gasteiger partial charge in [-0.1, -0.05) is 0 Å². The second kappa shape index (κ2) is 7.09. The van der Waals surface area contributed by atoms with Crippen molar-refractivity contribution >= 4 is 11.9 Å². The van der Waals surface area contributed by atoms with Crippen LogP contribution in [0.25, 0.3) is 0 Å². The first-order valence-electron chi connectivity index (χ1n) is 6.90. The van der Waals surface area contributed by atoms with E-state index in [9.17, 15) is 9.59 Å². The van der Waals surface area contributed by atoms with Crippen molar-refractivity contribution in [3.8, 4) is 0 Å². The molecule has 0 radical (unpaired) electrons. The number of furan rings is 1. The quantitative estimate of drug-likeness (QED) is 0.785. The van der Waals surface area contributed by atoms with Gasteiger partial charge in [0.25, 0.3) is 0 Å². The summed E-state index contributed by atoms with van der Waals surface area (Å²) in [6.07, 6.45) is 3.23. The zero-order valence-electron chi connectivity index (χ0n) is 11.6. The molecule has 0 spiro atoms. The monoisotopic (exact) mass is 280 g/mol. The molecule has 1 saturated heterocycles. The van der Waals surface area contributed by atoms with Crippen LogP contribution in [0.4, 0.5) is 0 Å². The van der Waals surface area contributed by atoms with Crippen LogP contribution in [0.1, 0.15) is 25.5 Å². The SMILES string of the molecule is CCOC(=O)C1CCCN1CC(=O)NCc1ccco1. The number of esters is 1. The van der Waals surface area contributed by atoms with Crippen molar-refractivity contribution in [1.82, 2.24) is 10.2 Å². The average molecular weight is 280 g/mol. The molecule has 0 aliphatic carbocycles. The number of likely N-dealkylation sites (tertiary alicyclic amines) is 1.